The van der Waals surface area contributed by atoms with Gasteiger partial charge in [0, 0.05) is 32.0 Å². The molecule has 1 aromatic carbocycles. The molecular formula is C27H39N7O4. The molecule has 11 nitrogen and oxygen atoms in total. The van der Waals surface area contributed by atoms with Crippen molar-refractivity contribution in [3.8, 4) is 0 Å². The minimum absolute atomic E-state index is 0.0591. The fourth-order valence-electron chi connectivity index (χ4n) is 4.60. The van der Waals surface area contributed by atoms with Crippen LogP contribution in [0.15, 0.2) is 42.9 Å². The van der Waals surface area contributed by atoms with E-state index in [0.29, 0.717) is 36.5 Å². The van der Waals surface area contributed by atoms with E-state index in [4.69, 9.17) is 10.5 Å². The summed E-state index contributed by atoms with van der Waals surface area (Å²) in [7, 11) is 3.68. The molecular weight excluding hydrogens is 486 g/mol. The lowest BCUT2D eigenvalue weighted by Gasteiger charge is -2.24. The van der Waals surface area contributed by atoms with Crippen molar-refractivity contribution in [2.75, 3.05) is 44.8 Å². The smallest absolute Gasteiger partial charge is 0.321 e. The maximum absolute atomic E-state index is 12.6. The van der Waals surface area contributed by atoms with Gasteiger partial charge in [-0.3, -0.25) is 4.57 Å². The highest BCUT2D eigenvalue weighted by Gasteiger charge is 2.44. The lowest BCUT2D eigenvalue weighted by Crippen LogP contribution is -2.39. The number of urea groups is 1. The molecule has 1 aliphatic rings. The van der Waals surface area contributed by atoms with Crippen molar-refractivity contribution in [1.82, 2.24) is 24.3 Å². The molecule has 11 heteroatoms. The molecule has 3 heterocycles. The van der Waals surface area contributed by atoms with Gasteiger partial charge >= 0.3 is 6.03 Å². The van der Waals surface area contributed by atoms with Gasteiger partial charge in [0.05, 0.1) is 12.0 Å². The quantitative estimate of drug-likeness (QED) is 0.351. The fourth-order valence-corrected chi connectivity index (χ4v) is 4.60. The van der Waals surface area contributed by atoms with E-state index < -0.39 is 24.5 Å². The maximum atomic E-state index is 12.6. The number of hydrogen-bond acceptors (Lipinski definition) is 8. The number of anilines is 2. The number of ether oxygens (including phenoxy) is 1. The van der Waals surface area contributed by atoms with E-state index in [1.165, 1.54) is 11.9 Å². The second kappa shape index (κ2) is 11.2. The maximum Gasteiger partial charge on any atom is 0.321 e. The number of nitrogen functional groups attached to an aromatic ring is 1. The van der Waals surface area contributed by atoms with Crippen LogP contribution in [0.5, 0.6) is 0 Å². The molecule has 3 aromatic rings. The Labute approximate surface area is 223 Å². The van der Waals surface area contributed by atoms with Crippen LogP contribution >= 0.6 is 0 Å². The van der Waals surface area contributed by atoms with Crippen LogP contribution < -0.4 is 11.1 Å². The first-order valence-electron chi connectivity index (χ1n) is 12.9. The van der Waals surface area contributed by atoms with Gasteiger partial charge in [0.25, 0.3) is 0 Å². The summed E-state index contributed by atoms with van der Waals surface area (Å²) in [6, 6.07) is 9.40. The predicted octanol–water partition coefficient (Wildman–Crippen LogP) is 2.42. The molecule has 0 bridgehead atoms. The summed E-state index contributed by atoms with van der Waals surface area (Å²) in [6.45, 7) is 8.11. The number of nitrogens with zero attached hydrogens (tertiary/aromatic N) is 5. The molecule has 2 amide bonds. The lowest BCUT2D eigenvalue weighted by atomic mass is 9.87. The normalized spacial score (nSPS) is 21.8. The lowest BCUT2D eigenvalue weighted by molar-refractivity contribution is -0.0422. The Bertz CT molecular complexity index is 1240. The first kappa shape index (κ1) is 27.8. The Kier molecular flexibility index (Phi) is 8.22. The average Bonchev–Trinajstić information content (AvgIpc) is 3.41. The van der Waals surface area contributed by atoms with Crippen molar-refractivity contribution in [2.24, 2.45) is 0 Å². The summed E-state index contributed by atoms with van der Waals surface area (Å²) in [5.41, 5.74) is 9.48. The van der Waals surface area contributed by atoms with Crippen LogP contribution in [0, 0.1) is 0 Å². The molecule has 0 spiro atoms. The van der Waals surface area contributed by atoms with Gasteiger partial charge in [0.15, 0.2) is 11.9 Å². The first-order chi connectivity index (χ1) is 18.0. The van der Waals surface area contributed by atoms with Crippen LogP contribution in [0.1, 0.15) is 39.0 Å². The van der Waals surface area contributed by atoms with E-state index in [1.807, 2.05) is 36.2 Å². The Morgan fingerprint density at radius 3 is 2.50 bits per heavy atom. The van der Waals surface area contributed by atoms with E-state index in [-0.39, 0.29) is 11.4 Å². The van der Waals surface area contributed by atoms with Crippen molar-refractivity contribution in [2.45, 2.75) is 57.1 Å². The van der Waals surface area contributed by atoms with Gasteiger partial charge in [-0.25, -0.2) is 14.8 Å². The second-order valence-corrected chi connectivity index (χ2v) is 11.1. The zero-order valence-corrected chi connectivity index (χ0v) is 22.7. The fraction of sp³-hybridized carbons (Fsp3) is 0.519. The number of hydrogen-bond donors (Lipinski definition) is 4. The average molecular weight is 526 g/mol. The predicted molar refractivity (Wildman–Crippen MR) is 147 cm³/mol. The number of rotatable bonds is 8. The van der Waals surface area contributed by atoms with Crippen molar-refractivity contribution in [3.05, 3.63) is 48.4 Å². The van der Waals surface area contributed by atoms with E-state index in [2.05, 4.69) is 36.1 Å². The van der Waals surface area contributed by atoms with Gasteiger partial charge in [0.1, 0.15) is 23.8 Å². The summed E-state index contributed by atoms with van der Waals surface area (Å²) in [5, 5.41) is 24.3. The third-order valence-corrected chi connectivity index (χ3v) is 6.98. The van der Waals surface area contributed by atoms with Crippen LogP contribution in [0.3, 0.4) is 0 Å². The Morgan fingerprint density at radius 2 is 1.82 bits per heavy atom. The summed E-state index contributed by atoms with van der Waals surface area (Å²) >= 11 is 0. The van der Waals surface area contributed by atoms with Gasteiger partial charge in [-0.15, -0.1) is 0 Å². The Morgan fingerprint density at radius 1 is 1.11 bits per heavy atom. The Hall–Kier alpha value is -3.25. The molecule has 0 radical (unpaired) electrons. The first-order valence-corrected chi connectivity index (χ1v) is 12.9. The zero-order chi connectivity index (χ0) is 27.6. The van der Waals surface area contributed by atoms with Gasteiger partial charge in [-0.05, 0) is 49.2 Å². The number of aromatic nitrogens is 3. The van der Waals surface area contributed by atoms with Gasteiger partial charge in [-0.1, -0.05) is 32.9 Å². The van der Waals surface area contributed by atoms with Crippen molar-refractivity contribution < 1.29 is 19.7 Å². The molecule has 1 aliphatic heterocycles. The molecule has 0 unspecified atom stereocenters. The molecule has 4 rings (SSSR count). The van der Waals surface area contributed by atoms with Crippen LogP contribution in [0.4, 0.5) is 16.2 Å². The van der Waals surface area contributed by atoms with Gasteiger partial charge in [-0.2, -0.15) is 0 Å². The zero-order valence-electron chi connectivity index (χ0n) is 22.7. The molecule has 1 saturated heterocycles. The Balaban J connectivity index is 1.24. The van der Waals surface area contributed by atoms with Crippen molar-refractivity contribution in [1.29, 1.82) is 0 Å². The van der Waals surface area contributed by atoms with Crippen molar-refractivity contribution in [3.63, 3.8) is 0 Å². The SMILES string of the molecule is CN(CCCN(C)C(=O)Nc1ccc(C(C)(C)C)cc1)C[C@H]1O[C@@H](n2cnc3c(N)ccnc32)[C@H](O)[C@@H]1O. The number of carbonyl (C=O) groups excluding carboxylic acids is 1. The van der Waals surface area contributed by atoms with Gasteiger partial charge in [0.2, 0.25) is 0 Å². The molecule has 38 heavy (non-hydrogen) atoms. The van der Waals surface area contributed by atoms with E-state index in [1.54, 1.807) is 28.8 Å². The summed E-state index contributed by atoms with van der Waals surface area (Å²) < 4.78 is 7.64. The molecule has 4 atom stereocenters. The minimum Gasteiger partial charge on any atom is -0.397 e. The number of nitrogens with one attached hydrogen (secondary N) is 1. The van der Waals surface area contributed by atoms with Crippen LogP contribution in [-0.2, 0) is 10.2 Å². The second-order valence-electron chi connectivity index (χ2n) is 11.1. The number of fused-ring (bicyclic) bond motifs is 1. The number of amides is 2. The minimum atomic E-state index is -1.14. The summed E-state index contributed by atoms with van der Waals surface area (Å²) in [4.78, 5) is 24.8. The van der Waals surface area contributed by atoms with Crippen LogP contribution in [0.2, 0.25) is 0 Å². The third-order valence-electron chi connectivity index (χ3n) is 6.98. The monoisotopic (exact) mass is 525 g/mol. The summed E-state index contributed by atoms with van der Waals surface area (Å²) in [6.07, 6.45) is 0.179. The van der Waals surface area contributed by atoms with Crippen LogP contribution in [-0.4, -0.2) is 92.6 Å². The number of nitrogens with two attached hydrogens (primary N) is 1. The highest BCUT2D eigenvalue weighted by molar-refractivity contribution is 5.89. The van der Waals surface area contributed by atoms with Gasteiger partial charge < -0.3 is 35.8 Å². The molecule has 0 saturated carbocycles. The van der Waals surface area contributed by atoms with Crippen molar-refractivity contribution >= 4 is 28.6 Å². The number of carbonyl (C=O) groups is 1. The highest BCUT2D eigenvalue weighted by atomic mass is 16.6. The number of imidazole rings is 1. The molecule has 1 fully saturated rings. The number of aliphatic hydroxyl groups is 2. The van der Waals surface area contributed by atoms with Crippen LogP contribution in [0.25, 0.3) is 11.2 Å². The topological polar surface area (TPSA) is 142 Å². The largest absolute Gasteiger partial charge is 0.397 e. The molecule has 206 valence electrons. The molecule has 5 N–H and O–H groups in total. The van der Waals surface area contributed by atoms with E-state index >= 15 is 0 Å². The highest BCUT2D eigenvalue weighted by Crippen LogP contribution is 2.32. The van der Waals surface area contributed by atoms with E-state index in [9.17, 15) is 15.0 Å². The number of aliphatic hydroxyl groups excluding tert-OH is 2. The number of likely N-dealkylation sites (N-methyl/N-ethyl adjacent to an activating group) is 1. The standard InChI is InChI=1S/C27H39N7O4/c1-27(2,3)17-7-9-18(10-8-17)31-26(37)33(5)14-6-13-32(4)15-20-22(35)23(36)25(38-20)34-16-30-21-19(28)11-12-29-24(21)34/h7-12,16,20,22-23,25,35-36H,6,13-15H2,1-5H3,(H2,28,29)(H,31,37)/t20-,22-,23-,25-/m1/s1. The third kappa shape index (κ3) is 6.07. The number of benzene rings is 1. The summed E-state index contributed by atoms with van der Waals surface area (Å²) in [5.74, 6) is 0. The molecule has 0 aliphatic carbocycles. The van der Waals surface area contributed by atoms with E-state index in [0.717, 1.165) is 12.1 Å². The number of pyridine rings is 1. The molecule has 2 aromatic heterocycles.